The third-order valence-electron chi connectivity index (χ3n) is 4.78. The van der Waals surface area contributed by atoms with Gasteiger partial charge in [0.05, 0.1) is 6.61 Å². The molecule has 1 unspecified atom stereocenters. The molecule has 0 aromatic heterocycles. The normalized spacial score (nSPS) is 16.4. The predicted molar refractivity (Wildman–Crippen MR) is 107 cm³/mol. The van der Waals surface area contributed by atoms with Gasteiger partial charge in [0.25, 0.3) is 5.91 Å². The van der Waals surface area contributed by atoms with E-state index in [1.54, 1.807) is 24.1 Å². The lowest BCUT2D eigenvalue weighted by Gasteiger charge is -2.24. The average molecular weight is 431 g/mol. The number of nitrogens with one attached hydrogen (secondary N) is 1. The minimum Gasteiger partial charge on any atom is -0.380 e. The molecule has 2 aromatic carbocycles. The Labute approximate surface area is 167 Å². The van der Waals surface area contributed by atoms with Crippen molar-refractivity contribution in [1.82, 2.24) is 10.2 Å². The lowest BCUT2D eigenvalue weighted by atomic mass is 10.1. The van der Waals surface area contributed by atoms with Gasteiger partial charge in [-0.3, -0.25) is 9.59 Å². The first-order valence-electron chi connectivity index (χ1n) is 9.00. The van der Waals surface area contributed by atoms with Gasteiger partial charge >= 0.3 is 0 Å². The van der Waals surface area contributed by atoms with Crippen LogP contribution in [-0.4, -0.2) is 36.4 Å². The quantitative estimate of drug-likeness (QED) is 0.762. The van der Waals surface area contributed by atoms with Gasteiger partial charge in [-0.25, -0.2) is 0 Å². The molecule has 6 heteroatoms. The van der Waals surface area contributed by atoms with Crippen LogP contribution in [0.25, 0.3) is 0 Å². The monoisotopic (exact) mass is 430 g/mol. The molecule has 27 heavy (non-hydrogen) atoms. The van der Waals surface area contributed by atoms with Gasteiger partial charge in [-0.2, -0.15) is 0 Å². The van der Waals surface area contributed by atoms with Crippen LogP contribution in [0.2, 0.25) is 0 Å². The molecule has 1 heterocycles. The van der Waals surface area contributed by atoms with Crippen LogP contribution in [0.1, 0.15) is 34.3 Å². The molecule has 0 spiro atoms. The van der Waals surface area contributed by atoms with E-state index in [1.165, 1.54) is 0 Å². The molecule has 142 valence electrons. The van der Waals surface area contributed by atoms with Crippen molar-refractivity contribution in [3.05, 3.63) is 69.7 Å². The lowest BCUT2D eigenvalue weighted by molar-refractivity contribution is -0.125. The van der Waals surface area contributed by atoms with Gasteiger partial charge in [-0.15, -0.1) is 0 Å². The Kier molecular flexibility index (Phi) is 6.63. The van der Waals surface area contributed by atoms with Crippen molar-refractivity contribution in [2.45, 2.75) is 32.0 Å². The summed E-state index contributed by atoms with van der Waals surface area (Å²) in [5.41, 5.74) is 2.68. The third kappa shape index (κ3) is 4.76. The molecule has 0 bridgehead atoms. The molecule has 1 atom stereocenters. The molecule has 1 saturated heterocycles. The van der Waals surface area contributed by atoms with E-state index in [0.717, 1.165) is 22.0 Å². The number of halogens is 1. The second-order valence-corrected chi connectivity index (χ2v) is 7.50. The molecule has 0 saturated carbocycles. The number of likely N-dealkylation sites (tertiary alicyclic amines) is 1. The maximum atomic E-state index is 12.8. The number of methoxy groups -OCH3 is 1. The van der Waals surface area contributed by atoms with E-state index in [1.807, 2.05) is 36.4 Å². The molecule has 3 rings (SSSR count). The van der Waals surface area contributed by atoms with Gasteiger partial charge < -0.3 is 15.0 Å². The number of benzene rings is 2. The largest absolute Gasteiger partial charge is 0.380 e. The zero-order valence-corrected chi connectivity index (χ0v) is 16.9. The Hall–Kier alpha value is -2.18. The van der Waals surface area contributed by atoms with E-state index in [-0.39, 0.29) is 11.8 Å². The number of carbonyl (C=O) groups excluding carboxylic acids is 2. The molecular weight excluding hydrogens is 408 g/mol. The Morgan fingerprint density at radius 1 is 1.15 bits per heavy atom. The van der Waals surface area contributed by atoms with Crippen molar-refractivity contribution in [3.63, 3.8) is 0 Å². The van der Waals surface area contributed by atoms with Gasteiger partial charge in [0.15, 0.2) is 0 Å². The highest BCUT2D eigenvalue weighted by molar-refractivity contribution is 9.10. The summed E-state index contributed by atoms with van der Waals surface area (Å²) in [6.45, 7) is 1.53. The summed E-state index contributed by atoms with van der Waals surface area (Å²) in [6, 6.07) is 14.7. The van der Waals surface area contributed by atoms with Crippen molar-refractivity contribution in [2.24, 2.45) is 0 Å². The fourth-order valence-electron chi connectivity index (χ4n) is 3.37. The second kappa shape index (κ2) is 9.15. The summed E-state index contributed by atoms with van der Waals surface area (Å²) >= 11 is 3.37. The van der Waals surface area contributed by atoms with Gasteiger partial charge in [0, 0.05) is 30.2 Å². The molecule has 2 amide bonds. The van der Waals surface area contributed by atoms with Crippen molar-refractivity contribution < 1.29 is 14.3 Å². The van der Waals surface area contributed by atoms with Crippen molar-refractivity contribution in [2.75, 3.05) is 13.7 Å². The highest BCUT2D eigenvalue weighted by Gasteiger charge is 2.34. The van der Waals surface area contributed by atoms with Gasteiger partial charge in [-0.05, 0) is 48.2 Å². The number of hydrogen-bond donors (Lipinski definition) is 1. The van der Waals surface area contributed by atoms with Crippen molar-refractivity contribution in [1.29, 1.82) is 0 Å². The van der Waals surface area contributed by atoms with Crippen molar-refractivity contribution in [3.8, 4) is 0 Å². The molecule has 2 aromatic rings. The summed E-state index contributed by atoms with van der Waals surface area (Å²) < 4.78 is 6.13. The first kappa shape index (κ1) is 19.6. The standard InChI is InChI=1S/C21H23BrN2O3/c1-27-14-17-6-3-2-5-16(17)13-23-20(25)19-7-4-12-24(19)21(26)15-8-10-18(22)11-9-15/h2-3,5-6,8-11,19H,4,7,12-14H2,1H3,(H,23,25). The number of ether oxygens (including phenoxy) is 1. The van der Waals surface area contributed by atoms with Crippen LogP contribution in [0, 0.1) is 0 Å². The third-order valence-corrected chi connectivity index (χ3v) is 5.31. The van der Waals surface area contributed by atoms with Gasteiger partial charge in [0.2, 0.25) is 5.91 Å². The molecule has 0 radical (unpaired) electrons. The molecule has 1 aliphatic heterocycles. The van der Waals surface area contributed by atoms with E-state index < -0.39 is 6.04 Å². The number of carbonyl (C=O) groups is 2. The number of rotatable bonds is 6. The zero-order valence-electron chi connectivity index (χ0n) is 15.3. The van der Waals surface area contributed by atoms with Crippen LogP contribution < -0.4 is 5.32 Å². The summed E-state index contributed by atoms with van der Waals surface area (Å²) in [6.07, 6.45) is 1.52. The van der Waals surface area contributed by atoms with Crippen LogP contribution in [0.4, 0.5) is 0 Å². The molecule has 1 N–H and O–H groups in total. The van der Waals surface area contributed by atoms with E-state index in [4.69, 9.17) is 4.74 Å². The molecule has 1 fully saturated rings. The highest BCUT2D eigenvalue weighted by Crippen LogP contribution is 2.21. The van der Waals surface area contributed by atoms with Crippen LogP contribution in [0.3, 0.4) is 0 Å². The SMILES string of the molecule is COCc1ccccc1CNC(=O)C1CCCN1C(=O)c1ccc(Br)cc1. The van der Waals surface area contributed by atoms with E-state index >= 15 is 0 Å². The maximum Gasteiger partial charge on any atom is 0.254 e. The summed E-state index contributed by atoms with van der Waals surface area (Å²) in [5, 5.41) is 2.99. The number of nitrogens with zero attached hydrogens (tertiary/aromatic N) is 1. The fraction of sp³-hybridized carbons (Fsp3) is 0.333. The Morgan fingerprint density at radius 3 is 2.56 bits per heavy atom. The Balaban J connectivity index is 1.65. The lowest BCUT2D eigenvalue weighted by Crippen LogP contribution is -2.45. The van der Waals surface area contributed by atoms with Crippen molar-refractivity contribution >= 4 is 27.7 Å². The minimum atomic E-state index is -0.421. The molecular formula is C21H23BrN2O3. The van der Waals surface area contributed by atoms with E-state index in [9.17, 15) is 9.59 Å². The Bertz CT molecular complexity index is 807. The maximum absolute atomic E-state index is 12.8. The highest BCUT2D eigenvalue weighted by atomic mass is 79.9. The van der Waals surface area contributed by atoms with Gasteiger partial charge in [0.1, 0.15) is 6.04 Å². The first-order valence-corrected chi connectivity index (χ1v) is 9.79. The van der Waals surface area contributed by atoms with Crippen LogP contribution in [0.5, 0.6) is 0 Å². The summed E-state index contributed by atoms with van der Waals surface area (Å²) in [7, 11) is 1.65. The van der Waals surface area contributed by atoms with Gasteiger partial charge in [-0.1, -0.05) is 40.2 Å². The molecule has 5 nitrogen and oxygen atoms in total. The van der Waals surface area contributed by atoms with Crippen LogP contribution in [0.15, 0.2) is 53.0 Å². The van der Waals surface area contributed by atoms with Crippen LogP contribution in [-0.2, 0) is 22.7 Å². The first-order chi connectivity index (χ1) is 13.1. The number of hydrogen-bond acceptors (Lipinski definition) is 3. The number of amides is 2. The Morgan fingerprint density at radius 2 is 1.85 bits per heavy atom. The summed E-state index contributed by atoms with van der Waals surface area (Å²) in [4.78, 5) is 27.2. The smallest absolute Gasteiger partial charge is 0.254 e. The summed E-state index contributed by atoms with van der Waals surface area (Å²) in [5.74, 6) is -0.204. The second-order valence-electron chi connectivity index (χ2n) is 6.58. The molecule has 1 aliphatic rings. The van der Waals surface area contributed by atoms with E-state index in [0.29, 0.717) is 31.7 Å². The van der Waals surface area contributed by atoms with Crippen LogP contribution >= 0.6 is 15.9 Å². The minimum absolute atomic E-state index is 0.0973. The topological polar surface area (TPSA) is 58.6 Å². The van der Waals surface area contributed by atoms with E-state index in [2.05, 4.69) is 21.2 Å². The molecule has 0 aliphatic carbocycles. The fourth-order valence-corrected chi connectivity index (χ4v) is 3.63. The predicted octanol–water partition coefficient (Wildman–Crippen LogP) is 3.52. The average Bonchev–Trinajstić information content (AvgIpc) is 3.17. The zero-order chi connectivity index (χ0) is 19.2.